The second kappa shape index (κ2) is 14.4. The van der Waals surface area contributed by atoms with Crippen molar-refractivity contribution < 1.29 is 23.9 Å². The first kappa shape index (κ1) is 32.0. The Balaban J connectivity index is 1.84. The largest absolute Gasteiger partial charge is 0.493 e. The van der Waals surface area contributed by atoms with Crippen LogP contribution in [-0.2, 0) is 9.59 Å². The number of rotatable bonds is 11. The van der Waals surface area contributed by atoms with Crippen LogP contribution in [0.5, 0.6) is 11.5 Å². The summed E-state index contributed by atoms with van der Waals surface area (Å²) in [5, 5.41) is 7.08. The number of amides is 2. The van der Waals surface area contributed by atoms with Crippen molar-refractivity contribution in [3.8, 4) is 11.5 Å². The zero-order valence-electron chi connectivity index (χ0n) is 25.5. The fraction of sp³-hybridized carbons (Fsp3) is 0.364. The topological polar surface area (TPSA) is 119 Å². The van der Waals surface area contributed by atoms with E-state index in [4.69, 9.17) is 9.47 Å². The van der Waals surface area contributed by atoms with Gasteiger partial charge in [-0.25, -0.2) is 10.4 Å². The first-order valence-corrected chi connectivity index (χ1v) is 14.1. The van der Waals surface area contributed by atoms with Crippen LogP contribution in [0.3, 0.4) is 0 Å². The molecular weight excluding hydrogens is 532 g/mol. The summed E-state index contributed by atoms with van der Waals surface area (Å²) in [6.45, 7) is 13.4. The maximum atomic E-state index is 13.1. The van der Waals surface area contributed by atoms with Gasteiger partial charge >= 0.3 is 5.97 Å². The van der Waals surface area contributed by atoms with Crippen LogP contribution in [0.1, 0.15) is 93.0 Å². The Kier molecular flexibility index (Phi) is 11.0. The van der Waals surface area contributed by atoms with E-state index in [2.05, 4.69) is 48.5 Å². The number of ether oxygens (including phenoxy) is 2. The van der Waals surface area contributed by atoms with E-state index in [1.165, 1.54) is 37.4 Å². The minimum atomic E-state index is -0.990. The minimum Gasteiger partial charge on any atom is -0.493 e. The van der Waals surface area contributed by atoms with Gasteiger partial charge in [0.2, 0.25) is 5.75 Å². The molecule has 2 aromatic carbocycles. The first-order chi connectivity index (χ1) is 19.9. The van der Waals surface area contributed by atoms with Gasteiger partial charge in [0.15, 0.2) is 11.4 Å². The Labute approximate surface area is 247 Å². The second-order valence-electron chi connectivity index (χ2n) is 11.0. The summed E-state index contributed by atoms with van der Waals surface area (Å²) >= 11 is 0. The first-order valence-electron chi connectivity index (χ1n) is 14.1. The summed E-state index contributed by atoms with van der Waals surface area (Å²) in [7, 11) is 1.39. The average molecular weight is 573 g/mol. The Morgan fingerprint density at radius 3 is 1.76 bits per heavy atom. The smallest absolute Gasteiger partial charge is 0.313 e. The predicted octanol–water partition coefficient (Wildman–Crippen LogP) is 5.59. The van der Waals surface area contributed by atoms with E-state index < -0.39 is 29.7 Å². The Hall–Kier alpha value is -4.53. The van der Waals surface area contributed by atoms with Gasteiger partial charge < -0.3 is 14.8 Å². The van der Waals surface area contributed by atoms with Crippen LogP contribution in [0, 0.1) is 5.92 Å². The van der Waals surface area contributed by atoms with Crippen molar-refractivity contribution in [3.63, 3.8) is 0 Å². The molecule has 2 N–H and O–H groups in total. The van der Waals surface area contributed by atoms with Crippen LogP contribution in [0.4, 0.5) is 0 Å². The molecule has 3 aromatic rings. The van der Waals surface area contributed by atoms with E-state index in [1.807, 2.05) is 48.5 Å². The molecule has 0 saturated carbocycles. The van der Waals surface area contributed by atoms with Gasteiger partial charge in [0.05, 0.1) is 18.7 Å². The van der Waals surface area contributed by atoms with Gasteiger partial charge in [0.1, 0.15) is 6.04 Å². The number of carbonyl (C=O) groups is 3. The van der Waals surface area contributed by atoms with Crippen molar-refractivity contribution >= 4 is 23.5 Å². The number of hydrogen-bond acceptors (Lipinski definition) is 7. The molecule has 0 aliphatic carbocycles. The highest BCUT2D eigenvalue weighted by Gasteiger charge is 2.25. The molecule has 0 aliphatic rings. The number of hydrogen-bond donors (Lipinski definition) is 2. The van der Waals surface area contributed by atoms with Crippen LogP contribution in [0.15, 0.2) is 65.9 Å². The molecule has 9 nitrogen and oxygen atoms in total. The van der Waals surface area contributed by atoms with Gasteiger partial charge in [-0.3, -0.25) is 14.4 Å². The van der Waals surface area contributed by atoms with Gasteiger partial charge in [-0.1, -0.05) is 90.1 Å². The number of aromatic nitrogens is 1. The Morgan fingerprint density at radius 2 is 1.31 bits per heavy atom. The molecule has 0 radical (unpaired) electrons. The number of pyridine rings is 1. The van der Waals surface area contributed by atoms with Crippen molar-refractivity contribution in [2.75, 3.05) is 7.11 Å². The molecule has 0 bridgehead atoms. The van der Waals surface area contributed by atoms with Crippen molar-refractivity contribution in [3.05, 3.63) is 88.7 Å². The molecule has 0 unspecified atom stereocenters. The molecule has 42 heavy (non-hydrogen) atoms. The lowest BCUT2D eigenvalue weighted by Crippen LogP contribution is -2.44. The van der Waals surface area contributed by atoms with Crippen molar-refractivity contribution in [2.45, 2.75) is 66.3 Å². The highest BCUT2D eigenvalue weighted by molar-refractivity contribution is 6.13. The predicted molar refractivity (Wildman–Crippen MR) is 163 cm³/mol. The Morgan fingerprint density at radius 1 is 0.786 bits per heavy atom. The number of methoxy groups -OCH3 is 1. The van der Waals surface area contributed by atoms with Crippen molar-refractivity contribution in [2.24, 2.45) is 11.0 Å². The fourth-order valence-electron chi connectivity index (χ4n) is 3.96. The van der Waals surface area contributed by atoms with E-state index in [0.29, 0.717) is 17.5 Å². The van der Waals surface area contributed by atoms with Crippen LogP contribution in [0.2, 0.25) is 0 Å². The number of nitrogens with one attached hydrogen (secondary N) is 2. The zero-order valence-corrected chi connectivity index (χ0v) is 25.5. The monoisotopic (exact) mass is 572 g/mol. The highest BCUT2D eigenvalue weighted by atomic mass is 16.6. The molecule has 1 heterocycles. The summed E-state index contributed by atoms with van der Waals surface area (Å²) < 4.78 is 10.7. The normalized spacial score (nSPS) is 11.7. The van der Waals surface area contributed by atoms with Gasteiger partial charge in [-0.15, -0.1) is 0 Å². The molecule has 2 amide bonds. The summed E-state index contributed by atoms with van der Waals surface area (Å²) in [5.41, 5.74) is 7.07. The number of esters is 1. The maximum absolute atomic E-state index is 13.1. The standard InChI is InChI=1S/C33H40N4O5/c1-19(2)23-9-13-25(14-10-23)28(26-15-11-24(12-16-26)20(3)4)36-37-31(38)22(7)35-32(39)29-30(42-33(40)21(5)6)27(41-8)17-18-34-29/h9-22H,1-8H3,(H,35,39)(H,37,38)/t22-/m0/s1. The van der Waals surface area contributed by atoms with Gasteiger partial charge in [-0.2, -0.15) is 5.10 Å². The minimum absolute atomic E-state index is 0.112. The number of nitrogens with zero attached hydrogens (tertiary/aromatic N) is 2. The van der Waals surface area contributed by atoms with Gasteiger partial charge in [0, 0.05) is 23.4 Å². The number of carbonyl (C=O) groups excluding carboxylic acids is 3. The molecular formula is C33H40N4O5. The molecule has 222 valence electrons. The second-order valence-corrected chi connectivity index (χ2v) is 11.0. The quantitative estimate of drug-likeness (QED) is 0.176. The fourth-order valence-corrected chi connectivity index (χ4v) is 3.96. The number of benzene rings is 2. The van der Waals surface area contributed by atoms with Crippen molar-refractivity contribution in [1.82, 2.24) is 15.7 Å². The molecule has 1 atom stereocenters. The highest BCUT2D eigenvalue weighted by Crippen LogP contribution is 2.30. The summed E-state index contributed by atoms with van der Waals surface area (Å²) in [6.07, 6.45) is 1.36. The molecule has 0 spiro atoms. The average Bonchev–Trinajstić information content (AvgIpc) is 2.97. The third-order valence-corrected chi connectivity index (χ3v) is 6.70. The SMILES string of the molecule is COc1ccnc(C(=O)N[C@@H](C)C(=O)NN=C(c2ccc(C(C)C)cc2)c2ccc(C(C)C)cc2)c1OC(=O)C(C)C. The summed E-state index contributed by atoms with van der Waals surface area (Å²) in [4.78, 5) is 42.5. The molecule has 0 aliphatic heterocycles. The number of hydrazone groups is 1. The third-order valence-electron chi connectivity index (χ3n) is 6.70. The summed E-state index contributed by atoms with van der Waals surface area (Å²) in [5.74, 6) is -1.43. The van der Waals surface area contributed by atoms with E-state index in [-0.39, 0.29) is 17.2 Å². The van der Waals surface area contributed by atoms with Crippen LogP contribution in [-0.4, -0.2) is 41.6 Å². The maximum Gasteiger partial charge on any atom is 0.313 e. The van der Waals surface area contributed by atoms with Crippen LogP contribution in [0.25, 0.3) is 0 Å². The molecule has 1 aromatic heterocycles. The lowest BCUT2D eigenvalue weighted by Gasteiger charge is -2.16. The van der Waals surface area contributed by atoms with E-state index in [1.54, 1.807) is 13.8 Å². The van der Waals surface area contributed by atoms with Gasteiger partial charge in [-0.05, 0) is 29.9 Å². The van der Waals surface area contributed by atoms with E-state index in [0.717, 1.165) is 11.1 Å². The van der Waals surface area contributed by atoms with Crippen LogP contribution < -0.4 is 20.2 Å². The molecule has 3 rings (SSSR count). The Bertz CT molecular complexity index is 1370. The van der Waals surface area contributed by atoms with E-state index >= 15 is 0 Å². The molecule has 0 fully saturated rings. The van der Waals surface area contributed by atoms with Gasteiger partial charge in [0.25, 0.3) is 11.8 Å². The third kappa shape index (κ3) is 8.02. The molecule has 0 saturated heterocycles. The zero-order chi connectivity index (χ0) is 31.0. The lowest BCUT2D eigenvalue weighted by molar-refractivity contribution is -0.137. The van der Waals surface area contributed by atoms with Crippen molar-refractivity contribution in [1.29, 1.82) is 0 Å². The summed E-state index contributed by atoms with van der Waals surface area (Å²) in [6, 6.07) is 16.6. The lowest BCUT2D eigenvalue weighted by atomic mass is 9.95. The van der Waals surface area contributed by atoms with E-state index in [9.17, 15) is 14.4 Å². The molecule has 9 heteroatoms. The van der Waals surface area contributed by atoms with Crippen LogP contribution >= 0.6 is 0 Å².